The highest BCUT2D eigenvalue weighted by Gasteiger charge is 2.13. The number of aromatic nitrogens is 1. The highest BCUT2D eigenvalue weighted by atomic mass is 16.5. The fourth-order valence-electron chi connectivity index (χ4n) is 3.74. The molecule has 0 bridgehead atoms. The Bertz CT molecular complexity index is 1280. The lowest BCUT2D eigenvalue weighted by Gasteiger charge is -2.17. The summed E-state index contributed by atoms with van der Waals surface area (Å²) in [5.41, 5.74) is 5.33. The number of nitrogens with zero attached hydrogens (tertiary/aromatic N) is 1. The molecule has 0 fully saturated rings. The topological polar surface area (TPSA) is 34.2 Å². The standard InChI is InChI=1S/C27H22N2O/c1-3-10-20(11-4-1)18-28-27-22-14-7-8-15-23(22)29-24-16-9-17-25(26(24)27)30-19-21-12-5-2-6-13-21/h1-17H,18-19H2,(H,28,29). The van der Waals surface area contributed by atoms with Crippen LogP contribution in [0.4, 0.5) is 5.69 Å². The molecule has 0 saturated heterocycles. The van der Waals surface area contributed by atoms with Crippen molar-refractivity contribution < 1.29 is 4.74 Å². The minimum absolute atomic E-state index is 0.519. The number of fused-ring (bicyclic) bond motifs is 2. The van der Waals surface area contributed by atoms with Gasteiger partial charge in [-0.15, -0.1) is 0 Å². The molecule has 146 valence electrons. The van der Waals surface area contributed by atoms with Gasteiger partial charge in [0.25, 0.3) is 0 Å². The van der Waals surface area contributed by atoms with Crippen LogP contribution in [0.3, 0.4) is 0 Å². The summed E-state index contributed by atoms with van der Waals surface area (Å²) in [6, 6.07) is 35.0. The summed E-state index contributed by atoms with van der Waals surface area (Å²) in [4.78, 5) is 4.89. The number of benzene rings is 4. The molecule has 30 heavy (non-hydrogen) atoms. The van der Waals surface area contributed by atoms with E-state index in [2.05, 4.69) is 59.9 Å². The molecule has 4 aromatic carbocycles. The smallest absolute Gasteiger partial charge is 0.131 e. The monoisotopic (exact) mass is 390 g/mol. The Kier molecular flexibility index (Phi) is 5.01. The van der Waals surface area contributed by atoms with Crippen LogP contribution in [0.2, 0.25) is 0 Å². The second-order valence-corrected chi connectivity index (χ2v) is 7.27. The zero-order valence-corrected chi connectivity index (χ0v) is 16.6. The molecule has 0 atom stereocenters. The zero-order valence-electron chi connectivity index (χ0n) is 16.6. The van der Waals surface area contributed by atoms with Gasteiger partial charge in [-0.1, -0.05) is 84.9 Å². The summed E-state index contributed by atoms with van der Waals surface area (Å²) in [5.74, 6) is 0.838. The Morgan fingerprint density at radius 3 is 2.10 bits per heavy atom. The lowest BCUT2D eigenvalue weighted by Crippen LogP contribution is -2.03. The van der Waals surface area contributed by atoms with E-state index >= 15 is 0 Å². The van der Waals surface area contributed by atoms with Crippen LogP contribution in [0, 0.1) is 0 Å². The van der Waals surface area contributed by atoms with Crippen molar-refractivity contribution in [3.05, 3.63) is 114 Å². The predicted molar refractivity (Wildman–Crippen MR) is 124 cm³/mol. The molecule has 1 aromatic heterocycles. The lowest BCUT2D eigenvalue weighted by atomic mass is 10.1. The van der Waals surface area contributed by atoms with Gasteiger partial charge >= 0.3 is 0 Å². The zero-order chi connectivity index (χ0) is 20.2. The average Bonchev–Trinajstić information content (AvgIpc) is 2.81. The van der Waals surface area contributed by atoms with Crippen LogP contribution in [0.1, 0.15) is 11.1 Å². The van der Waals surface area contributed by atoms with Crippen LogP contribution in [-0.4, -0.2) is 4.98 Å². The molecule has 0 radical (unpaired) electrons. The van der Waals surface area contributed by atoms with Crippen LogP contribution < -0.4 is 10.1 Å². The van der Waals surface area contributed by atoms with Crippen molar-refractivity contribution in [2.75, 3.05) is 5.32 Å². The number of hydrogen-bond acceptors (Lipinski definition) is 3. The van der Waals surface area contributed by atoms with Gasteiger partial charge in [-0.25, -0.2) is 4.98 Å². The molecule has 0 aliphatic carbocycles. The molecule has 0 saturated carbocycles. The van der Waals surface area contributed by atoms with E-state index in [-0.39, 0.29) is 0 Å². The van der Waals surface area contributed by atoms with Crippen molar-refractivity contribution in [2.24, 2.45) is 0 Å². The molecule has 5 aromatic rings. The van der Waals surface area contributed by atoms with Gasteiger partial charge in [0.05, 0.1) is 22.1 Å². The fraction of sp³-hybridized carbons (Fsp3) is 0.0741. The van der Waals surface area contributed by atoms with Crippen molar-refractivity contribution >= 4 is 27.5 Å². The fourth-order valence-corrected chi connectivity index (χ4v) is 3.74. The molecule has 5 rings (SSSR count). The van der Waals surface area contributed by atoms with Gasteiger partial charge in [-0.3, -0.25) is 0 Å². The van der Waals surface area contributed by atoms with Gasteiger partial charge in [0, 0.05) is 11.9 Å². The third-order valence-electron chi connectivity index (χ3n) is 5.22. The second kappa shape index (κ2) is 8.26. The Labute approximate surface area is 176 Å². The Hall–Kier alpha value is -3.85. The van der Waals surface area contributed by atoms with Crippen LogP contribution in [-0.2, 0) is 13.2 Å². The van der Waals surface area contributed by atoms with E-state index in [1.807, 2.05) is 48.5 Å². The maximum Gasteiger partial charge on any atom is 0.131 e. The number of pyridine rings is 1. The summed E-state index contributed by atoms with van der Waals surface area (Å²) < 4.78 is 6.27. The Balaban J connectivity index is 1.59. The first kappa shape index (κ1) is 18.2. The van der Waals surface area contributed by atoms with Crippen molar-refractivity contribution in [3.8, 4) is 5.75 Å². The predicted octanol–water partition coefficient (Wildman–Crippen LogP) is 6.58. The molecule has 0 aliphatic heterocycles. The molecular weight excluding hydrogens is 368 g/mol. The first-order chi connectivity index (χ1) is 14.9. The van der Waals surface area contributed by atoms with E-state index in [9.17, 15) is 0 Å². The minimum Gasteiger partial charge on any atom is -0.488 e. The number of hydrogen-bond donors (Lipinski definition) is 1. The third-order valence-corrected chi connectivity index (χ3v) is 5.22. The van der Waals surface area contributed by atoms with Crippen LogP contribution >= 0.6 is 0 Å². The number of para-hydroxylation sites is 1. The average molecular weight is 390 g/mol. The van der Waals surface area contributed by atoms with Gasteiger partial charge < -0.3 is 10.1 Å². The van der Waals surface area contributed by atoms with Gasteiger partial charge in [-0.2, -0.15) is 0 Å². The summed E-state index contributed by atoms with van der Waals surface area (Å²) in [7, 11) is 0. The first-order valence-electron chi connectivity index (χ1n) is 10.1. The number of nitrogens with one attached hydrogen (secondary N) is 1. The van der Waals surface area contributed by atoms with Crippen LogP contribution in [0.25, 0.3) is 21.8 Å². The molecule has 1 N–H and O–H groups in total. The van der Waals surface area contributed by atoms with Crippen LogP contribution in [0.5, 0.6) is 5.75 Å². The van der Waals surface area contributed by atoms with E-state index in [0.717, 1.165) is 45.4 Å². The second-order valence-electron chi connectivity index (χ2n) is 7.27. The molecule has 0 spiro atoms. The normalized spacial score (nSPS) is 10.9. The molecular formula is C27H22N2O. The summed E-state index contributed by atoms with van der Waals surface area (Å²) >= 11 is 0. The number of anilines is 1. The molecule has 3 heteroatoms. The Morgan fingerprint density at radius 1 is 0.633 bits per heavy atom. The van der Waals surface area contributed by atoms with Gasteiger partial charge in [0.15, 0.2) is 0 Å². The lowest BCUT2D eigenvalue weighted by molar-refractivity contribution is 0.310. The van der Waals surface area contributed by atoms with Crippen LogP contribution in [0.15, 0.2) is 103 Å². The number of rotatable bonds is 6. The highest BCUT2D eigenvalue weighted by Crippen LogP contribution is 2.37. The molecule has 0 amide bonds. The molecule has 1 heterocycles. The van der Waals surface area contributed by atoms with E-state index in [1.54, 1.807) is 0 Å². The molecule has 3 nitrogen and oxygen atoms in total. The van der Waals surface area contributed by atoms with Crippen molar-refractivity contribution in [3.63, 3.8) is 0 Å². The minimum atomic E-state index is 0.519. The largest absolute Gasteiger partial charge is 0.488 e. The summed E-state index contributed by atoms with van der Waals surface area (Å²) in [5, 5.41) is 5.78. The van der Waals surface area contributed by atoms with Gasteiger partial charge in [-0.05, 0) is 29.3 Å². The van der Waals surface area contributed by atoms with E-state index in [1.165, 1.54) is 5.56 Å². The number of ether oxygens (including phenoxy) is 1. The Morgan fingerprint density at radius 2 is 1.30 bits per heavy atom. The van der Waals surface area contributed by atoms with E-state index in [4.69, 9.17) is 9.72 Å². The third kappa shape index (κ3) is 3.70. The first-order valence-corrected chi connectivity index (χ1v) is 10.1. The van der Waals surface area contributed by atoms with Crippen molar-refractivity contribution in [1.82, 2.24) is 4.98 Å². The molecule has 0 aliphatic rings. The van der Waals surface area contributed by atoms with Gasteiger partial charge in [0.1, 0.15) is 12.4 Å². The SMILES string of the molecule is c1ccc(CNc2c3ccccc3nc3cccc(OCc4ccccc4)c23)cc1. The maximum absolute atomic E-state index is 6.27. The van der Waals surface area contributed by atoms with E-state index in [0.29, 0.717) is 6.61 Å². The van der Waals surface area contributed by atoms with E-state index < -0.39 is 0 Å². The highest BCUT2D eigenvalue weighted by molar-refractivity contribution is 6.09. The quantitative estimate of drug-likeness (QED) is 0.333. The molecule has 0 unspecified atom stereocenters. The van der Waals surface area contributed by atoms with Crippen molar-refractivity contribution in [1.29, 1.82) is 0 Å². The summed E-state index contributed by atoms with van der Waals surface area (Å²) in [6.07, 6.45) is 0. The summed E-state index contributed by atoms with van der Waals surface area (Å²) in [6.45, 7) is 1.25. The van der Waals surface area contributed by atoms with Crippen molar-refractivity contribution in [2.45, 2.75) is 13.2 Å². The maximum atomic E-state index is 6.27. The van der Waals surface area contributed by atoms with Gasteiger partial charge in [0.2, 0.25) is 0 Å².